The van der Waals surface area contributed by atoms with Crippen LogP contribution in [0.5, 0.6) is 11.5 Å². The average molecular weight is 439 g/mol. The number of hydrogen-bond donors (Lipinski definition) is 2. The predicted molar refractivity (Wildman–Crippen MR) is 117 cm³/mol. The molecule has 0 spiro atoms. The van der Waals surface area contributed by atoms with Gasteiger partial charge in [-0.3, -0.25) is 4.79 Å². The minimum absolute atomic E-state index is 0.293. The van der Waals surface area contributed by atoms with E-state index in [0.29, 0.717) is 34.3 Å². The van der Waals surface area contributed by atoms with Gasteiger partial charge in [-0.2, -0.15) is 5.10 Å². The number of carbonyl (C=O) groups excluding carboxylic acids is 1. The summed E-state index contributed by atoms with van der Waals surface area (Å²) in [6.45, 7) is -0.121. The fourth-order valence-corrected chi connectivity index (χ4v) is 2.67. The molecule has 0 aliphatic rings. The maximum absolute atomic E-state index is 12.5. The molecular formula is C23H19ClN2O5. The summed E-state index contributed by atoms with van der Waals surface area (Å²) >= 11 is 5.89. The van der Waals surface area contributed by atoms with Crippen LogP contribution in [0, 0.1) is 0 Å². The number of halogens is 1. The van der Waals surface area contributed by atoms with Crippen LogP contribution in [0.3, 0.4) is 0 Å². The lowest BCUT2D eigenvalue weighted by molar-refractivity contribution is -0.139. The van der Waals surface area contributed by atoms with Crippen LogP contribution < -0.4 is 14.9 Å². The Bertz CT molecular complexity index is 1070. The number of benzene rings is 3. The summed E-state index contributed by atoms with van der Waals surface area (Å²) in [7, 11) is 0. The summed E-state index contributed by atoms with van der Waals surface area (Å²) in [6, 6.07) is 20.8. The topological polar surface area (TPSA) is 97.2 Å². The number of rotatable bonds is 9. The van der Waals surface area contributed by atoms with E-state index >= 15 is 0 Å². The van der Waals surface area contributed by atoms with E-state index in [1.54, 1.807) is 60.7 Å². The summed E-state index contributed by atoms with van der Waals surface area (Å²) in [4.78, 5) is 23.0. The zero-order valence-electron chi connectivity index (χ0n) is 16.3. The number of carboxylic acids is 1. The fourth-order valence-electron chi connectivity index (χ4n) is 2.54. The number of hydrogen-bond acceptors (Lipinski definition) is 5. The lowest BCUT2D eigenvalue weighted by atomic mass is 10.2. The number of ether oxygens (including phenoxy) is 2. The molecule has 3 aromatic rings. The first-order valence-electron chi connectivity index (χ1n) is 9.25. The van der Waals surface area contributed by atoms with Crippen molar-refractivity contribution < 1.29 is 24.2 Å². The summed E-state index contributed by atoms with van der Waals surface area (Å²) in [5.74, 6) is -0.601. The van der Waals surface area contributed by atoms with Gasteiger partial charge in [-0.1, -0.05) is 35.9 Å². The number of carboxylic acid groups (broad SMARTS) is 1. The van der Waals surface area contributed by atoms with Crippen molar-refractivity contribution in [1.29, 1.82) is 0 Å². The Balaban J connectivity index is 1.57. The number of nitrogens with zero attached hydrogens (tertiary/aromatic N) is 1. The molecule has 0 aromatic heterocycles. The van der Waals surface area contributed by atoms with E-state index in [1.165, 1.54) is 6.21 Å². The standard InChI is InChI=1S/C23H19ClN2O5/c24-18-9-5-17(6-10-18)14-31-21-4-2-1-3-20(21)23(29)26-25-13-16-7-11-19(12-8-16)30-15-22(27)28/h1-13H,14-15H2,(H,26,29)(H,27,28)/b25-13-. The van der Waals surface area contributed by atoms with Crippen LogP contribution in [0.1, 0.15) is 21.5 Å². The predicted octanol–water partition coefficient (Wildman–Crippen LogP) is 4.15. The van der Waals surface area contributed by atoms with Crippen LogP contribution in [0.25, 0.3) is 0 Å². The second-order valence-electron chi connectivity index (χ2n) is 6.36. The molecule has 0 radical (unpaired) electrons. The van der Waals surface area contributed by atoms with Crippen molar-refractivity contribution in [3.63, 3.8) is 0 Å². The third-order valence-corrected chi connectivity index (χ3v) is 4.31. The average Bonchev–Trinajstić information content (AvgIpc) is 2.78. The highest BCUT2D eigenvalue weighted by molar-refractivity contribution is 6.30. The quantitative estimate of drug-likeness (QED) is 0.386. The highest BCUT2D eigenvalue weighted by Crippen LogP contribution is 2.20. The molecule has 0 aliphatic carbocycles. The Morgan fingerprint density at radius 1 is 0.968 bits per heavy atom. The van der Waals surface area contributed by atoms with Crippen molar-refractivity contribution in [3.05, 3.63) is 94.5 Å². The second-order valence-corrected chi connectivity index (χ2v) is 6.80. The maximum atomic E-state index is 12.5. The minimum Gasteiger partial charge on any atom is -0.488 e. The monoisotopic (exact) mass is 438 g/mol. The SMILES string of the molecule is O=C(O)COc1ccc(/C=N\NC(=O)c2ccccc2OCc2ccc(Cl)cc2)cc1. The van der Waals surface area contributed by atoms with Crippen LogP contribution in [0.15, 0.2) is 77.9 Å². The van der Waals surface area contributed by atoms with Crippen LogP contribution in [-0.4, -0.2) is 29.8 Å². The van der Waals surface area contributed by atoms with Gasteiger partial charge in [0.25, 0.3) is 5.91 Å². The molecular weight excluding hydrogens is 420 g/mol. The summed E-state index contributed by atoms with van der Waals surface area (Å²) in [6.07, 6.45) is 1.47. The van der Waals surface area contributed by atoms with Crippen molar-refractivity contribution >= 4 is 29.7 Å². The van der Waals surface area contributed by atoms with Gasteiger partial charge in [-0.15, -0.1) is 0 Å². The first-order valence-corrected chi connectivity index (χ1v) is 9.63. The molecule has 8 heteroatoms. The molecule has 3 rings (SSSR count). The molecule has 0 saturated heterocycles. The Morgan fingerprint density at radius 3 is 2.39 bits per heavy atom. The van der Waals surface area contributed by atoms with Crippen molar-refractivity contribution in [2.24, 2.45) is 5.10 Å². The highest BCUT2D eigenvalue weighted by Gasteiger charge is 2.11. The summed E-state index contributed by atoms with van der Waals surface area (Å²) in [5.41, 5.74) is 4.45. The van der Waals surface area contributed by atoms with Crippen molar-refractivity contribution in [1.82, 2.24) is 5.43 Å². The van der Waals surface area contributed by atoms with E-state index in [-0.39, 0.29) is 0 Å². The first-order chi connectivity index (χ1) is 15.0. The molecule has 0 fully saturated rings. The van der Waals surface area contributed by atoms with Crippen molar-refractivity contribution in [2.45, 2.75) is 6.61 Å². The number of amides is 1. The lowest BCUT2D eigenvalue weighted by Crippen LogP contribution is -2.18. The molecule has 0 saturated carbocycles. The molecule has 31 heavy (non-hydrogen) atoms. The zero-order valence-corrected chi connectivity index (χ0v) is 17.1. The Hall–Kier alpha value is -3.84. The molecule has 1 amide bonds. The van der Waals surface area contributed by atoms with Gasteiger partial charge in [0.2, 0.25) is 0 Å². The number of nitrogens with one attached hydrogen (secondary N) is 1. The zero-order chi connectivity index (χ0) is 22.1. The molecule has 0 bridgehead atoms. The Labute approximate surface area is 183 Å². The minimum atomic E-state index is -1.05. The van der Waals surface area contributed by atoms with Crippen molar-refractivity contribution in [3.8, 4) is 11.5 Å². The van der Waals surface area contributed by atoms with Crippen LogP contribution in [-0.2, 0) is 11.4 Å². The Morgan fingerprint density at radius 2 is 1.68 bits per heavy atom. The third kappa shape index (κ3) is 6.87. The van der Waals surface area contributed by atoms with Gasteiger partial charge in [-0.05, 0) is 59.7 Å². The largest absolute Gasteiger partial charge is 0.488 e. The maximum Gasteiger partial charge on any atom is 0.341 e. The lowest BCUT2D eigenvalue weighted by Gasteiger charge is -2.10. The van der Waals surface area contributed by atoms with Gasteiger partial charge >= 0.3 is 5.97 Å². The number of carbonyl (C=O) groups is 2. The highest BCUT2D eigenvalue weighted by atomic mass is 35.5. The molecule has 7 nitrogen and oxygen atoms in total. The molecule has 0 atom stereocenters. The first kappa shape index (κ1) is 21.9. The van der Waals surface area contributed by atoms with Gasteiger partial charge in [0.05, 0.1) is 11.8 Å². The molecule has 158 valence electrons. The van der Waals surface area contributed by atoms with Gasteiger partial charge in [-0.25, -0.2) is 10.2 Å². The second kappa shape index (κ2) is 10.8. The third-order valence-electron chi connectivity index (χ3n) is 4.06. The molecule has 3 aromatic carbocycles. The van der Waals surface area contributed by atoms with E-state index in [9.17, 15) is 9.59 Å². The fraction of sp³-hybridized carbons (Fsp3) is 0.0870. The van der Waals surface area contributed by atoms with E-state index in [2.05, 4.69) is 10.5 Å². The van der Waals surface area contributed by atoms with Crippen LogP contribution >= 0.6 is 11.6 Å². The Kier molecular flexibility index (Phi) is 7.61. The molecule has 2 N–H and O–H groups in total. The normalized spacial score (nSPS) is 10.6. The summed E-state index contributed by atoms with van der Waals surface area (Å²) < 4.78 is 10.9. The van der Waals surface area contributed by atoms with Gasteiger partial charge in [0.1, 0.15) is 18.1 Å². The molecule has 0 aliphatic heterocycles. The number of aliphatic carboxylic acids is 1. The van der Waals surface area contributed by atoms with E-state index in [4.69, 9.17) is 26.2 Å². The van der Waals surface area contributed by atoms with E-state index in [1.807, 2.05) is 12.1 Å². The van der Waals surface area contributed by atoms with Crippen LogP contribution in [0.4, 0.5) is 0 Å². The molecule has 0 heterocycles. The van der Waals surface area contributed by atoms with E-state index < -0.39 is 18.5 Å². The smallest absolute Gasteiger partial charge is 0.341 e. The summed E-state index contributed by atoms with van der Waals surface area (Å²) in [5, 5.41) is 13.2. The van der Waals surface area contributed by atoms with Gasteiger partial charge in [0, 0.05) is 5.02 Å². The molecule has 0 unspecified atom stereocenters. The van der Waals surface area contributed by atoms with Crippen molar-refractivity contribution in [2.75, 3.05) is 6.61 Å². The number of hydrazone groups is 1. The van der Waals surface area contributed by atoms with E-state index in [0.717, 1.165) is 5.56 Å². The number of para-hydroxylation sites is 1. The van der Waals surface area contributed by atoms with Gasteiger partial charge < -0.3 is 14.6 Å². The van der Waals surface area contributed by atoms with Crippen LogP contribution in [0.2, 0.25) is 5.02 Å². The van der Waals surface area contributed by atoms with Gasteiger partial charge in [0.15, 0.2) is 6.61 Å².